The number of thiazole rings is 1. The van der Waals surface area contributed by atoms with Crippen LogP contribution in [0.2, 0.25) is 0 Å². The van der Waals surface area contributed by atoms with Crippen molar-refractivity contribution in [2.45, 2.75) is 19.9 Å². The highest BCUT2D eigenvalue weighted by atomic mass is 32.1. The van der Waals surface area contributed by atoms with Gasteiger partial charge >= 0.3 is 0 Å². The van der Waals surface area contributed by atoms with E-state index in [-0.39, 0.29) is 5.91 Å². The molecule has 1 fully saturated rings. The molecule has 0 N–H and O–H groups in total. The van der Waals surface area contributed by atoms with E-state index in [0.717, 1.165) is 49.7 Å². The van der Waals surface area contributed by atoms with Gasteiger partial charge in [-0.05, 0) is 18.6 Å². The Morgan fingerprint density at radius 3 is 2.68 bits per heavy atom. The van der Waals surface area contributed by atoms with Crippen molar-refractivity contribution in [1.82, 2.24) is 19.8 Å². The van der Waals surface area contributed by atoms with Crippen LogP contribution in [0, 0.1) is 6.92 Å². The molecule has 1 saturated heterocycles. The van der Waals surface area contributed by atoms with E-state index in [0.29, 0.717) is 6.42 Å². The summed E-state index contributed by atoms with van der Waals surface area (Å²) in [7, 11) is 0. The Balaban J connectivity index is 1.48. The molecule has 1 aliphatic rings. The molecule has 22 heavy (non-hydrogen) atoms. The van der Waals surface area contributed by atoms with Crippen LogP contribution in [0.1, 0.15) is 17.0 Å². The molecule has 6 heteroatoms. The lowest BCUT2D eigenvalue weighted by Gasteiger charge is -2.34. The second-order valence-electron chi connectivity index (χ2n) is 5.62. The predicted molar refractivity (Wildman–Crippen MR) is 86.6 cm³/mol. The molecule has 0 radical (unpaired) electrons. The fraction of sp³-hybridized carbons (Fsp3) is 0.438. The molecule has 0 atom stereocenters. The zero-order valence-electron chi connectivity index (χ0n) is 12.7. The Bertz CT molecular complexity index is 604. The van der Waals surface area contributed by atoms with Crippen molar-refractivity contribution in [3.05, 3.63) is 46.2 Å². The van der Waals surface area contributed by atoms with Gasteiger partial charge in [-0.25, -0.2) is 4.98 Å². The molecule has 0 aliphatic carbocycles. The maximum Gasteiger partial charge on any atom is 0.227 e. The van der Waals surface area contributed by atoms with Crippen LogP contribution in [-0.4, -0.2) is 51.9 Å². The number of amides is 1. The highest BCUT2D eigenvalue weighted by molar-refractivity contribution is 7.07. The Labute approximate surface area is 134 Å². The van der Waals surface area contributed by atoms with Crippen LogP contribution in [0.5, 0.6) is 0 Å². The van der Waals surface area contributed by atoms with Gasteiger partial charge in [-0.3, -0.25) is 14.7 Å². The third kappa shape index (κ3) is 3.90. The van der Waals surface area contributed by atoms with Crippen LogP contribution in [-0.2, 0) is 17.8 Å². The summed E-state index contributed by atoms with van der Waals surface area (Å²) in [6, 6.07) is 3.94. The Morgan fingerprint density at radius 1 is 1.23 bits per heavy atom. The van der Waals surface area contributed by atoms with Crippen LogP contribution >= 0.6 is 11.3 Å². The highest BCUT2D eigenvalue weighted by Crippen LogP contribution is 2.10. The molecule has 3 rings (SSSR count). The SMILES string of the molecule is Cc1ccc(CC(=O)N2CCN(Cc3cscn3)CC2)cn1. The number of hydrogen-bond acceptors (Lipinski definition) is 5. The van der Waals surface area contributed by atoms with Crippen LogP contribution in [0.3, 0.4) is 0 Å². The topological polar surface area (TPSA) is 49.3 Å². The largest absolute Gasteiger partial charge is 0.340 e. The van der Waals surface area contributed by atoms with E-state index in [1.54, 1.807) is 17.5 Å². The van der Waals surface area contributed by atoms with Gasteiger partial charge in [-0.1, -0.05) is 6.07 Å². The maximum absolute atomic E-state index is 12.3. The van der Waals surface area contributed by atoms with E-state index < -0.39 is 0 Å². The van der Waals surface area contributed by atoms with E-state index in [4.69, 9.17) is 0 Å². The lowest BCUT2D eigenvalue weighted by Crippen LogP contribution is -2.48. The van der Waals surface area contributed by atoms with Crippen LogP contribution in [0.25, 0.3) is 0 Å². The lowest BCUT2D eigenvalue weighted by molar-refractivity contribution is -0.132. The van der Waals surface area contributed by atoms with Crippen molar-refractivity contribution >= 4 is 17.2 Å². The van der Waals surface area contributed by atoms with E-state index in [9.17, 15) is 4.79 Å². The molecular weight excluding hydrogens is 296 g/mol. The number of pyridine rings is 1. The van der Waals surface area contributed by atoms with Gasteiger partial charge in [0.05, 0.1) is 17.6 Å². The van der Waals surface area contributed by atoms with E-state index in [2.05, 4.69) is 20.2 Å². The molecule has 3 heterocycles. The molecule has 2 aromatic heterocycles. The summed E-state index contributed by atoms with van der Waals surface area (Å²) < 4.78 is 0. The van der Waals surface area contributed by atoms with E-state index >= 15 is 0 Å². The zero-order valence-corrected chi connectivity index (χ0v) is 13.6. The third-order valence-corrected chi connectivity index (χ3v) is 4.56. The van der Waals surface area contributed by atoms with Crippen LogP contribution < -0.4 is 0 Å². The molecule has 1 aliphatic heterocycles. The first-order valence-corrected chi connectivity index (χ1v) is 8.44. The van der Waals surface area contributed by atoms with Gasteiger partial charge < -0.3 is 4.90 Å². The summed E-state index contributed by atoms with van der Waals surface area (Å²) in [5.41, 5.74) is 4.95. The van der Waals surface area contributed by atoms with Crippen LogP contribution in [0.15, 0.2) is 29.2 Å². The third-order valence-electron chi connectivity index (χ3n) is 3.92. The molecule has 116 valence electrons. The Hall–Kier alpha value is -1.79. The van der Waals surface area contributed by atoms with Crippen molar-refractivity contribution in [2.75, 3.05) is 26.2 Å². The lowest BCUT2D eigenvalue weighted by atomic mass is 10.1. The van der Waals surface area contributed by atoms with Gasteiger partial charge in [0.1, 0.15) is 0 Å². The van der Waals surface area contributed by atoms with Crippen molar-refractivity contribution in [3.8, 4) is 0 Å². The number of aromatic nitrogens is 2. The summed E-state index contributed by atoms with van der Waals surface area (Å²) in [6.45, 7) is 6.25. The minimum absolute atomic E-state index is 0.193. The van der Waals surface area contributed by atoms with Crippen molar-refractivity contribution in [2.24, 2.45) is 0 Å². The zero-order chi connectivity index (χ0) is 15.4. The summed E-state index contributed by atoms with van der Waals surface area (Å²) in [5, 5.41) is 2.09. The smallest absolute Gasteiger partial charge is 0.227 e. The minimum atomic E-state index is 0.193. The monoisotopic (exact) mass is 316 g/mol. The summed E-state index contributed by atoms with van der Waals surface area (Å²) >= 11 is 1.63. The number of carbonyl (C=O) groups is 1. The number of carbonyl (C=O) groups excluding carboxylic acids is 1. The van der Waals surface area contributed by atoms with Gasteiger partial charge in [0.25, 0.3) is 0 Å². The molecule has 0 spiro atoms. The number of aryl methyl sites for hydroxylation is 1. The Kier molecular flexibility index (Phi) is 4.80. The fourth-order valence-corrected chi connectivity index (χ4v) is 3.14. The van der Waals surface area contributed by atoms with Gasteiger partial charge in [-0.2, -0.15) is 0 Å². The molecular formula is C16H20N4OS. The first-order chi connectivity index (χ1) is 10.7. The fourth-order valence-electron chi connectivity index (χ4n) is 2.59. The molecule has 0 saturated carbocycles. The van der Waals surface area contributed by atoms with E-state index in [1.807, 2.05) is 29.5 Å². The minimum Gasteiger partial charge on any atom is -0.340 e. The molecule has 0 unspecified atom stereocenters. The van der Waals surface area contributed by atoms with Gasteiger partial charge in [0.15, 0.2) is 0 Å². The quantitative estimate of drug-likeness (QED) is 0.862. The van der Waals surface area contributed by atoms with E-state index in [1.165, 1.54) is 0 Å². The van der Waals surface area contributed by atoms with Gasteiger partial charge in [0.2, 0.25) is 5.91 Å². The standard InChI is InChI=1S/C16H20N4OS/c1-13-2-3-14(9-17-13)8-16(21)20-6-4-19(5-7-20)10-15-11-22-12-18-15/h2-3,9,11-12H,4-8,10H2,1H3. The number of nitrogens with zero attached hydrogens (tertiary/aromatic N) is 4. The summed E-state index contributed by atoms with van der Waals surface area (Å²) in [6.07, 6.45) is 2.24. The highest BCUT2D eigenvalue weighted by Gasteiger charge is 2.21. The molecule has 0 aromatic carbocycles. The number of piperazine rings is 1. The molecule has 5 nitrogen and oxygen atoms in total. The molecule has 1 amide bonds. The van der Waals surface area contributed by atoms with Gasteiger partial charge in [0, 0.05) is 50.0 Å². The van der Waals surface area contributed by atoms with Crippen LogP contribution in [0.4, 0.5) is 0 Å². The summed E-state index contributed by atoms with van der Waals surface area (Å²) in [4.78, 5) is 25.2. The normalized spacial score (nSPS) is 16.0. The van der Waals surface area contributed by atoms with Gasteiger partial charge in [-0.15, -0.1) is 11.3 Å². The number of rotatable bonds is 4. The first kappa shape index (κ1) is 15.1. The maximum atomic E-state index is 12.3. The average molecular weight is 316 g/mol. The summed E-state index contributed by atoms with van der Waals surface area (Å²) in [5.74, 6) is 0.193. The number of hydrogen-bond donors (Lipinski definition) is 0. The second kappa shape index (κ2) is 6.98. The van der Waals surface area contributed by atoms with Crippen molar-refractivity contribution < 1.29 is 4.79 Å². The van der Waals surface area contributed by atoms with Crippen molar-refractivity contribution in [1.29, 1.82) is 0 Å². The van der Waals surface area contributed by atoms with Crippen molar-refractivity contribution in [3.63, 3.8) is 0 Å². The molecule has 0 bridgehead atoms. The predicted octanol–water partition coefficient (Wildman–Crippen LogP) is 1.73. The first-order valence-electron chi connectivity index (χ1n) is 7.49. The Morgan fingerprint density at radius 2 is 2.05 bits per heavy atom. The molecule has 2 aromatic rings. The second-order valence-corrected chi connectivity index (χ2v) is 6.34. The average Bonchev–Trinajstić information content (AvgIpc) is 3.03.